The zero-order valence-corrected chi connectivity index (χ0v) is 18.1. The summed E-state index contributed by atoms with van der Waals surface area (Å²) in [6, 6.07) is 17.2. The number of aromatic nitrogens is 2. The summed E-state index contributed by atoms with van der Waals surface area (Å²) in [5.74, 6) is 2.36. The number of nitrogens with one attached hydrogen (secondary N) is 1. The minimum absolute atomic E-state index is 0.696. The Labute approximate surface area is 180 Å². The number of hydrogen-bond acceptors (Lipinski definition) is 3. The second-order valence-corrected chi connectivity index (χ2v) is 8.78. The smallest absolute Gasteiger partial charge is 0.130 e. The maximum atomic E-state index is 4.64. The average molecular weight is 398 g/mol. The Hall–Kier alpha value is -2.94. The summed E-state index contributed by atoms with van der Waals surface area (Å²) in [6.45, 7) is 8.27. The lowest BCUT2D eigenvalue weighted by molar-refractivity contribution is 0.324. The molecule has 1 saturated carbocycles. The third kappa shape index (κ3) is 5.15. The number of benzene rings is 1. The standard InChI is InChI=1S/C27H31N3/c1-19(2)16-21-5-7-22(8-6-21)23-9-11-24(12-10-23)26-14-13-25(18-28-26)30-27-15-4-20(3)17-29-27/h4,9-15,17-18,21-22H,1,5-8,16H2,2-3H3,(H,29,30). The minimum Gasteiger partial charge on any atom is -0.339 e. The summed E-state index contributed by atoms with van der Waals surface area (Å²) < 4.78 is 0. The van der Waals surface area contributed by atoms with Gasteiger partial charge < -0.3 is 5.32 Å². The molecule has 0 atom stereocenters. The number of anilines is 2. The summed E-state index contributed by atoms with van der Waals surface area (Å²) in [6.07, 6.45) is 10.2. The van der Waals surface area contributed by atoms with E-state index in [9.17, 15) is 0 Å². The van der Waals surface area contributed by atoms with Crippen molar-refractivity contribution in [3.63, 3.8) is 0 Å². The zero-order valence-electron chi connectivity index (χ0n) is 18.1. The molecule has 1 aliphatic carbocycles. The molecule has 30 heavy (non-hydrogen) atoms. The van der Waals surface area contributed by atoms with Crippen molar-refractivity contribution in [2.75, 3.05) is 5.32 Å². The molecule has 1 N–H and O–H groups in total. The van der Waals surface area contributed by atoms with Crippen LogP contribution in [0.4, 0.5) is 11.5 Å². The number of rotatable bonds is 6. The first-order chi connectivity index (χ1) is 14.6. The van der Waals surface area contributed by atoms with E-state index in [2.05, 4.69) is 65.2 Å². The van der Waals surface area contributed by atoms with E-state index in [1.165, 1.54) is 43.2 Å². The number of aryl methyl sites for hydroxylation is 1. The van der Waals surface area contributed by atoms with E-state index in [0.29, 0.717) is 5.92 Å². The molecule has 154 valence electrons. The number of allylic oxidation sites excluding steroid dienone is 1. The number of pyridine rings is 2. The fraction of sp³-hybridized carbons (Fsp3) is 0.333. The van der Waals surface area contributed by atoms with Gasteiger partial charge >= 0.3 is 0 Å². The first-order valence-electron chi connectivity index (χ1n) is 11.0. The van der Waals surface area contributed by atoms with Crippen molar-refractivity contribution in [2.24, 2.45) is 5.92 Å². The molecule has 1 fully saturated rings. The molecule has 0 bridgehead atoms. The van der Waals surface area contributed by atoms with Crippen LogP contribution in [0.2, 0.25) is 0 Å². The van der Waals surface area contributed by atoms with Crippen molar-refractivity contribution in [3.05, 3.63) is 84.2 Å². The lowest BCUT2D eigenvalue weighted by atomic mass is 9.77. The predicted octanol–water partition coefficient (Wildman–Crippen LogP) is 7.44. The molecule has 3 aromatic rings. The molecule has 0 amide bonds. The van der Waals surface area contributed by atoms with Gasteiger partial charge in [0.15, 0.2) is 0 Å². The van der Waals surface area contributed by atoms with Crippen molar-refractivity contribution < 1.29 is 0 Å². The van der Waals surface area contributed by atoms with Crippen molar-refractivity contribution in [2.45, 2.75) is 51.9 Å². The van der Waals surface area contributed by atoms with Gasteiger partial charge in [-0.1, -0.05) is 35.9 Å². The molecule has 1 aliphatic rings. The first kappa shape index (κ1) is 20.3. The Kier molecular flexibility index (Phi) is 6.27. The van der Waals surface area contributed by atoms with Crippen molar-refractivity contribution in [1.29, 1.82) is 0 Å². The first-order valence-corrected chi connectivity index (χ1v) is 11.0. The van der Waals surface area contributed by atoms with E-state index < -0.39 is 0 Å². The quantitative estimate of drug-likeness (QED) is 0.439. The number of hydrogen-bond donors (Lipinski definition) is 1. The Balaban J connectivity index is 1.37. The van der Waals surface area contributed by atoms with Gasteiger partial charge in [-0.3, -0.25) is 4.98 Å². The van der Waals surface area contributed by atoms with Crippen LogP contribution in [-0.4, -0.2) is 9.97 Å². The summed E-state index contributed by atoms with van der Waals surface area (Å²) in [5.41, 5.74) is 7.04. The van der Waals surface area contributed by atoms with Gasteiger partial charge in [0.1, 0.15) is 5.82 Å². The molecular weight excluding hydrogens is 366 g/mol. The number of nitrogens with zero attached hydrogens (tertiary/aromatic N) is 2. The van der Waals surface area contributed by atoms with Crippen LogP contribution < -0.4 is 5.32 Å². The minimum atomic E-state index is 0.696. The summed E-state index contributed by atoms with van der Waals surface area (Å²) in [4.78, 5) is 9.03. The van der Waals surface area contributed by atoms with E-state index in [4.69, 9.17) is 0 Å². The lowest BCUT2D eigenvalue weighted by Gasteiger charge is -2.29. The van der Waals surface area contributed by atoms with Crippen LogP contribution in [0.5, 0.6) is 0 Å². The lowest BCUT2D eigenvalue weighted by Crippen LogP contribution is -2.13. The predicted molar refractivity (Wildman–Crippen MR) is 126 cm³/mol. The highest BCUT2D eigenvalue weighted by atomic mass is 15.0. The van der Waals surface area contributed by atoms with E-state index in [1.54, 1.807) is 0 Å². The van der Waals surface area contributed by atoms with Gasteiger partial charge in [0.25, 0.3) is 0 Å². The largest absolute Gasteiger partial charge is 0.339 e. The zero-order chi connectivity index (χ0) is 20.9. The fourth-order valence-corrected chi connectivity index (χ4v) is 4.45. The highest BCUT2D eigenvalue weighted by Gasteiger charge is 2.22. The van der Waals surface area contributed by atoms with E-state index in [0.717, 1.165) is 34.2 Å². The second kappa shape index (κ2) is 9.25. The Morgan fingerprint density at radius 1 is 0.933 bits per heavy atom. The summed E-state index contributed by atoms with van der Waals surface area (Å²) in [7, 11) is 0. The molecule has 4 rings (SSSR count). The highest BCUT2D eigenvalue weighted by Crippen LogP contribution is 2.38. The van der Waals surface area contributed by atoms with E-state index >= 15 is 0 Å². The van der Waals surface area contributed by atoms with Gasteiger partial charge in [-0.25, -0.2) is 4.98 Å². The van der Waals surface area contributed by atoms with Crippen LogP contribution in [0.25, 0.3) is 11.3 Å². The molecule has 0 spiro atoms. The topological polar surface area (TPSA) is 37.8 Å². The van der Waals surface area contributed by atoms with E-state index in [1.807, 2.05) is 31.5 Å². The van der Waals surface area contributed by atoms with Crippen molar-refractivity contribution in [1.82, 2.24) is 9.97 Å². The average Bonchev–Trinajstić information content (AvgIpc) is 2.76. The summed E-state index contributed by atoms with van der Waals surface area (Å²) in [5, 5.41) is 3.30. The summed E-state index contributed by atoms with van der Waals surface area (Å²) >= 11 is 0. The maximum absolute atomic E-state index is 4.64. The van der Waals surface area contributed by atoms with Crippen LogP contribution >= 0.6 is 0 Å². The molecule has 0 aliphatic heterocycles. The van der Waals surface area contributed by atoms with Crippen LogP contribution in [0.15, 0.2) is 73.1 Å². The van der Waals surface area contributed by atoms with E-state index in [-0.39, 0.29) is 0 Å². The third-order valence-corrected chi connectivity index (χ3v) is 6.11. The van der Waals surface area contributed by atoms with Gasteiger partial charge in [0.05, 0.1) is 17.6 Å². The SMILES string of the molecule is C=C(C)CC1CCC(c2ccc(-c3ccc(Nc4ccc(C)cn4)cn3)cc2)CC1. The molecular formula is C27H31N3. The van der Waals surface area contributed by atoms with Crippen molar-refractivity contribution >= 4 is 11.5 Å². The molecule has 1 aromatic carbocycles. The van der Waals surface area contributed by atoms with Gasteiger partial charge in [-0.05, 0) is 87.1 Å². The van der Waals surface area contributed by atoms with Crippen LogP contribution in [0.1, 0.15) is 56.1 Å². The monoisotopic (exact) mass is 397 g/mol. The molecule has 2 heterocycles. The fourth-order valence-electron chi connectivity index (χ4n) is 4.45. The Morgan fingerprint density at radius 2 is 1.70 bits per heavy atom. The maximum Gasteiger partial charge on any atom is 0.130 e. The van der Waals surface area contributed by atoms with Crippen molar-refractivity contribution in [3.8, 4) is 11.3 Å². The Morgan fingerprint density at radius 3 is 2.30 bits per heavy atom. The van der Waals surface area contributed by atoms with Gasteiger partial charge in [-0.15, -0.1) is 6.58 Å². The molecule has 0 saturated heterocycles. The van der Waals surface area contributed by atoms with Crippen LogP contribution in [0.3, 0.4) is 0 Å². The van der Waals surface area contributed by atoms with Crippen LogP contribution in [0, 0.1) is 12.8 Å². The normalized spacial score (nSPS) is 18.7. The molecule has 3 heteroatoms. The van der Waals surface area contributed by atoms with Gasteiger partial charge in [-0.2, -0.15) is 0 Å². The van der Waals surface area contributed by atoms with Gasteiger partial charge in [0.2, 0.25) is 0 Å². The van der Waals surface area contributed by atoms with Crippen LogP contribution in [-0.2, 0) is 0 Å². The second-order valence-electron chi connectivity index (χ2n) is 8.78. The molecule has 3 nitrogen and oxygen atoms in total. The molecule has 0 unspecified atom stereocenters. The Bertz CT molecular complexity index is 964. The molecule has 2 aromatic heterocycles. The molecule has 0 radical (unpaired) electrons. The highest BCUT2D eigenvalue weighted by molar-refractivity contribution is 5.63. The van der Waals surface area contributed by atoms with Gasteiger partial charge in [0, 0.05) is 11.8 Å². The third-order valence-electron chi connectivity index (χ3n) is 6.11.